The molecule has 0 aliphatic rings. The van der Waals surface area contributed by atoms with Gasteiger partial charge in [-0.1, -0.05) is 96.5 Å². The Morgan fingerprint density at radius 2 is 1.61 bits per heavy atom. The van der Waals surface area contributed by atoms with E-state index in [0.29, 0.717) is 31.5 Å². The van der Waals surface area contributed by atoms with Gasteiger partial charge < -0.3 is 10.1 Å². The molecule has 41 heavy (non-hydrogen) atoms. The van der Waals surface area contributed by atoms with Gasteiger partial charge in [0.25, 0.3) is 5.56 Å². The minimum atomic E-state index is -0.335. The number of nitrogens with zero attached hydrogens (tertiary/aromatic N) is 1. The first-order valence-corrected chi connectivity index (χ1v) is 15.1. The van der Waals surface area contributed by atoms with Crippen molar-refractivity contribution in [2.75, 3.05) is 20.7 Å². The summed E-state index contributed by atoms with van der Waals surface area (Å²) in [7, 11) is 3.44. The van der Waals surface area contributed by atoms with Gasteiger partial charge >= 0.3 is 0 Å². The van der Waals surface area contributed by atoms with Crippen molar-refractivity contribution in [3.8, 4) is 5.75 Å². The van der Waals surface area contributed by atoms with Crippen LogP contribution in [0.1, 0.15) is 81.3 Å². The van der Waals surface area contributed by atoms with Crippen molar-refractivity contribution in [2.45, 2.75) is 67.9 Å². The second-order valence-electron chi connectivity index (χ2n) is 11.3. The van der Waals surface area contributed by atoms with Crippen molar-refractivity contribution >= 4 is 43.9 Å². The number of Topliss-reactive ketones (excluding diaryl/α,β-unsaturated/α-hetero) is 2. The number of hydrogen-bond acceptors (Lipinski definition) is 6. The molecule has 0 radical (unpaired) electrons. The number of pyridine rings is 1. The summed E-state index contributed by atoms with van der Waals surface area (Å²) in [5.74, 6) is 0.848. The van der Waals surface area contributed by atoms with Gasteiger partial charge in [-0.3, -0.25) is 19.0 Å². The maximum absolute atomic E-state index is 13.4. The molecule has 4 aromatic rings. The number of ether oxygens (including phenoxy) is 1. The molecule has 2 heterocycles. The third kappa shape index (κ3) is 8.85. The molecule has 2 aromatic carbocycles. The number of fused-ring (bicyclic) bond motifs is 3. The number of para-hydroxylation sites is 1. The van der Waals surface area contributed by atoms with Gasteiger partial charge in [-0.2, -0.15) is 0 Å². The van der Waals surface area contributed by atoms with E-state index in [4.69, 9.17) is 4.74 Å². The lowest BCUT2D eigenvalue weighted by molar-refractivity contribution is 0.0970. The summed E-state index contributed by atoms with van der Waals surface area (Å²) >= 11 is 1.25. The number of methoxy groups -OCH3 is 1. The second-order valence-corrected chi connectivity index (χ2v) is 12.3. The number of thiophene rings is 1. The van der Waals surface area contributed by atoms with E-state index in [1.807, 2.05) is 37.4 Å². The molecule has 0 amide bonds. The summed E-state index contributed by atoms with van der Waals surface area (Å²) in [6.07, 6.45) is 2.55. The highest BCUT2D eigenvalue weighted by Gasteiger charge is 2.23. The molecule has 0 unspecified atom stereocenters. The van der Waals surface area contributed by atoms with E-state index in [1.165, 1.54) is 42.8 Å². The average molecular weight is 579 g/mol. The number of nitrogens with one attached hydrogen (secondary N) is 1. The van der Waals surface area contributed by atoms with Gasteiger partial charge in [0.05, 0.1) is 23.9 Å². The topological polar surface area (TPSA) is 77.4 Å². The Labute approximate surface area is 248 Å². The van der Waals surface area contributed by atoms with Crippen LogP contribution in [0.4, 0.5) is 0 Å². The van der Waals surface area contributed by atoms with Gasteiger partial charge in [-0.15, -0.1) is 11.3 Å². The van der Waals surface area contributed by atoms with Gasteiger partial charge in [-0.05, 0) is 37.4 Å². The molecular weight excluding hydrogens is 532 g/mol. The summed E-state index contributed by atoms with van der Waals surface area (Å²) in [5, 5.41) is 4.32. The molecule has 0 aliphatic heterocycles. The van der Waals surface area contributed by atoms with Gasteiger partial charge in [0, 0.05) is 17.9 Å². The molecule has 1 N–H and O–H groups in total. The number of rotatable bonds is 9. The van der Waals surface area contributed by atoms with E-state index < -0.39 is 0 Å². The molecular formula is C34H46N2O4S. The van der Waals surface area contributed by atoms with Crippen LogP contribution in [0.2, 0.25) is 0 Å². The van der Waals surface area contributed by atoms with E-state index >= 15 is 0 Å². The fraction of sp³-hybridized carbons (Fsp3) is 0.441. The monoisotopic (exact) mass is 578 g/mol. The average Bonchev–Trinajstić information content (AvgIpc) is 3.37. The quantitative estimate of drug-likeness (QED) is 0.204. The Kier molecular flexibility index (Phi) is 12.9. The van der Waals surface area contributed by atoms with E-state index in [2.05, 4.69) is 46.9 Å². The van der Waals surface area contributed by atoms with Crippen molar-refractivity contribution in [3.05, 3.63) is 75.4 Å². The van der Waals surface area contributed by atoms with Crippen LogP contribution in [0.5, 0.6) is 5.75 Å². The minimum Gasteiger partial charge on any atom is -0.494 e. The van der Waals surface area contributed by atoms with E-state index in [9.17, 15) is 14.4 Å². The summed E-state index contributed by atoms with van der Waals surface area (Å²) in [6, 6.07) is 16.3. The molecule has 7 heteroatoms. The Bertz CT molecular complexity index is 1500. The molecule has 0 saturated heterocycles. The zero-order valence-corrected chi connectivity index (χ0v) is 26.9. The zero-order valence-electron chi connectivity index (χ0n) is 26.1. The van der Waals surface area contributed by atoms with Crippen molar-refractivity contribution in [2.24, 2.45) is 11.3 Å². The molecule has 0 fully saturated rings. The van der Waals surface area contributed by atoms with Crippen LogP contribution in [0.15, 0.2) is 59.4 Å². The van der Waals surface area contributed by atoms with Crippen molar-refractivity contribution in [3.63, 3.8) is 0 Å². The van der Waals surface area contributed by atoms with Crippen LogP contribution in [0.25, 0.3) is 21.0 Å². The first-order valence-electron chi connectivity index (χ1n) is 14.3. The van der Waals surface area contributed by atoms with Crippen LogP contribution in [-0.2, 0) is 6.54 Å². The highest BCUT2D eigenvalue weighted by molar-refractivity contribution is 7.22. The van der Waals surface area contributed by atoms with Crippen molar-refractivity contribution in [1.82, 2.24) is 9.88 Å². The van der Waals surface area contributed by atoms with Crippen molar-refractivity contribution < 1.29 is 14.3 Å². The van der Waals surface area contributed by atoms with Gasteiger partial charge in [-0.25, -0.2) is 0 Å². The molecule has 0 aliphatic carbocycles. The summed E-state index contributed by atoms with van der Waals surface area (Å²) in [4.78, 5) is 38.6. The van der Waals surface area contributed by atoms with E-state index in [-0.39, 0.29) is 29.4 Å². The summed E-state index contributed by atoms with van der Waals surface area (Å²) in [5.41, 5.74) is 1.34. The standard InChI is InChI=1S/C22H17NO4S.C7H17N.C5H12/c1-13(24)20-19(27-2)18-21(28-20)15-10-6-7-11-16(15)23(22(18)26)12-17(25)14-8-4-3-5-9-14;1-5-7(2,3)6-8-4;1-4-5(2)3/h3-11H,12H2,1-2H3;8H,5-6H2,1-4H3;5H,4H2,1-3H3. The lowest BCUT2D eigenvalue weighted by Gasteiger charge is -2.21. The predicted octanol–water partition coefficient (Wildman–Crippen LogP) is 8.00. The van der Waals surface area contributed by atoms with E-state index in [1.54, 1.807) is 24.3 Å². The van der Waals surface area contributed by atoms with Crippen LogP contribution in [0.3, 0.4) is 0 Å². The highest BCUT2D eigenvalue weighted by atomic mass is 32.1. The normalized spacial score (nSPS) is 11.1. The van der Waals surface area contributed by atoms with Gasteiger partial charge in [0.2, 0.25) is 0 Å². The summed E-state index contributed by atoms with van der Waals surface area (Å²) < 4.78 is 7.59. The molecule has 0 saturated carbocycles. The lowest BCUT2D eigenvalue weighted by atomic mass is 9.90. The van der Waals surface area contributed by atoms with Crippen LogP contribution >= 0.6 is 11.3 Å². The second kappa shape index (κ2) is 15.6. The third-order valence-corrected chi connectivity index (χ3v) is 8.42. The molecule has 6 nitrogen and oxygen atoms in total. The SMILES string of the molecule is CCC(C)(C)CNC.CCC(C)C.COc1c(C(C)=O)sc2c1c(=O)n(CC(=O)c1ccccc1)c1ccccc21. The zero-order chi connectivity index (χ0) is 30.7. The minimum absolute atomic E-state index is 0.0896. The number of hydrogen-bond donors (Lipinski definition) is 1. The maximum atomic E-state index is 13.4. The molecule has 0 bridgehead atoms. The number of ketones is 2. The molecule has 0 spiro atoms. The number of aromatic nitrogens is 1. The van der Waals surface area contributed by atoms with Gasteiger partial charge in [0.1, 0.15) is 10.3 Å². The maximum Gasteiger partial charge on any atom is 0.264 e. The number of carbonyl (C=O) groups is 2. The first kappa shape index (κ1) is 33.9. The fourth-order valence-electron chi connectivity index (χ4n) is 3.99. The Balaban J connectivity index is 0.000000379. The smallest absolute Gasteiger partial charge is 0.264 e. The molecule has 2 aromatic heterocycles. The van der Waals surface area contributed by atoms with Crippen LogP contribution < -0.4 is 15.6 Å². The number of carbonyl (C=O) groups excluding carboxylic acids is 2. The molecule has 0 atom stereocenters. The van der Waals surface area contributed by atoms with Gasteiger partial charge in [0.15, 0.2) is 17.3 Å². The Morgan fingerprint density at radius 3 is 2.10 bits per heavy atom. The third-order valence-electron chi connectivity index (χ3n) is 7.11. The van der Waals surface area contributed by atoms with Crippen molar-refractivity contribution in [1.29, 1.82) is 0 Å². The molecule has 222 valence electrons. The fourth-order valence-corrected chi connectivity index (χ4v) is 5.18. The number of benzene rings is 2. The predicted molar refractivity (Wildman–Crippen MR) is 174 cm³/mol. The Hall–Kier alpha value is -3.29. The molecule has 4 rings (SSSR count). The Morgan fingerprint density at radius 1 is 1.02 bits per heavy atom. The summed E-state index contributed by atoms with van der Waals surface area (Å²) in [6.45, 7) is 15.9. The first-order chi connectivity index (χ1) is 19.4. The highest BCUT2D eigenvalue weighted by Crippen LogP contribution is 2.39. The van der Waals surface area contributed by atoms with Crippen LogP contribution in [0, 0.1) is 11.3 Å². The largest absolute Gasteiger partial charge is 0.494 e. The lowest BCUT2D eigenvalue weighted by Crippen LogP contribution is -2.25. The van der Waals surface area contributed by atoms with E-state index in [0.717, 1.165) is 17.8 Å². The van der Waals surface area contributed by atoms with Crippen LogP contribution in [-0.4, -0.2) is 36.8 Å².